The van der Waals surface area contributed by atoms with Crippen molar-refractivity contribution in [2.24, 2.45) is 5.92 Å². The van der Waals surface area contributed by atoms with Crippen LogP contribution < -0.4 is 10.2 Å². The average Bonchev–Trinajstić information content (AvgIpc) is 2.29. The van der Waals surface area contributed by atoms with Crippen molar-refractivity contribution in [2.45, 2.75) is 19.3 Å². The molecule has 2 aliphatic heterocycles. The van der Waals surface area contributed by atoms with Gasteiger partial charge in [0.25, 0.3) is 0 Å². The summed E-state index contributed by atoms with van der Waals surface area (Å²) >= 11 is 0. The van der Waals surface area contributed by atoms with E-state index in [2.05, 4.69) is 42.4 Å². The van der Waals surface area contributed by atoms with E-state index in [-0.39, 0.29) is 0 Å². The standard InChI is InChI=1S/C14H20N2/c1-10-3-4-14-12(7-10)13-8-15-6-5-11(13)9-16(14)2/h3-4,7,11,13,15H,5-6,8-9H2,1-2H3. The monoisotopic (exact) mass is 216 g/mol. The van der Waals surface area contributed by atoms with Gasteiger partial charge in [-0.2, -0.15) is 0 Å². The van der Waals surface area contributed by atoms with Crippen LogP contribution in [0.3, 0.4) is 0 Å². The highest BCUT2D eigenvalue weighted by Crippen LogP contribution is 2.40. The van der Waals surface area contributed by atoms with Gasteiger partial charge in [0.2, 0.25) is 0 Å². The molecule has 0 bridgehead atoms. The summed E-state index contributed by atoms with van der Waals surface area (Å²) in [7, 11) is 2.23. The Bertz CT molecular complexity index is 400. The summed E-state index contributed by atoms with van der Waals surface area (Å²) in [6.45, 7) is 5.77. The largest absolute Gasteiger partial charge is 0.374 e. The van der Waals surface area contributed by atoms with Gasteiger partial charge in [-0.15, -0.1) is 0 Å². The van der Waals surface area contributed by atoms with Gasteiger partial charge in [0, 0.05) is 31.7 Å². The van der Waals surface area contributed by atoms with Gasteiger partial charge in [0.1, 0.15) is 0 Å². The van der Waals surface area contributed by atoms with Gasteiger partial charge in [0.05, 0.1) is 0 Å². The maximum absolute atomic E-state index is 3.54. The summed E-state index contributed by atoms with van der Waals surface area (Å²) in [6.07, 6.45) is 1.32. The Balaban J connectivity index is 2.05. The predicted octanol–water partition coefficient (Wildman–Crippen LogP) is 2.14. The number of aryl methyl sites for hydroxylation is 1. The van der Waals surface area contributed by atoms with Crippen LogP contribution in [0.2, 0.25) is 0 Å². The van der Waals surface area contributed by atoms with Crippen LogP contribution in [0.5, 0.6) is 0 Å². The first-order chi connectivity index (χ1) is 7.75. The number of hydrogen-bond donors (Lipinski definition) is 1. The normalized spacial score (nSPS) is 28.5. The third kappa shape index (κ3) is 1.52. The average molecular weight is 216 g/mol. The highest BCUT2D eigenvalue weighted by molar-refractivity contribution is 5.58. The summed E-state index contributed by atoms with van der Waals surface area (Å²) < 4.78 is 0. The Labute approximate surface area is 97.6 Å². The van der Waals surface area contributed by atoms with Crippen molar-refractivity contribution in [3.05, 3.63) is 29.3 Å². The zero-order valence-electron chi connectivity index (χ0n) is 10.2. The number of piperidine rings is 1. The SMILES string of the molecule is Cc1ccc2c(c1)C1CNCCC1CN2C. The quantitative estimate of drug-likeness (QED) is 0.715. The summed E-state index contributed by atoms with van der Waals surface area (Å²) in [5, 5.41) is 3.54. The summed E-state index contributed by atoms with van der Waals surface area (Å²) in [5.41, 5.74) is 4.39. The molecule has 0 radical (unpaired) electrons. The zero-order chi connectivity index (χ0) is 11.1. The number of hydrogen-bond acceptors (Lipinski definition) is 2. The number of nitrogens with one attached hydrogen (secondary N) is 1. The predicted molar refractivity (Wildman–Crippen MR) is 68.2 cm³/mol. The Kier molecular flexibility index (Phi) is 2.40. The molecule has 1 aromatic rings. The summed E-state index contributed by atoms with van der Waals surface area (Å²) in [4.78, 5) is 2.43. The second-order valence-electron chi connectivity index (χ2n) is 5.30. The third-order valence-electron chi connectivity index (χ3n) is 4.13. The maximum atomic E-state index is 3.54. The molecular weight excluding hydrogens is 196 g/mol. The van der Waals surface area contributed by atoms with Gasteiger partial charge in [-0.05, 0) is 37.4 Å². The molecule has 0 aliphatic carbocycles. The first kappa shape index (κ1) is 10.2. The molecule has 2 nitrogen and oxygen atoms in total. The van der Waals surface area contributed by atoms with Crippen molar-refractivity contribution < 1.29 is 0 Å². The van der Waals surface area contributed by atoms with Gasteiger partial charge in [-0.1, -0.05) is 17.7 Å². The molecule has 0 amide bonds. The molecule has 1 fully saturated rings. The van der Waals surface area contributed by atoms with E-state index in [1.165, 1.54) is 30.8 Å². The lowest BCUT2D eigenvalue weighted by molar-refractivity contribution is 0.316. The molecule has 1 aromatic carbocycles. The van der Waals surface area contributed by atoms with E-state index in [0.717, 1.165) is 18.4 Å². The van der Waals surface area contributed by atoms with Crippen molar-refractivity contribution in [2.75, 3.05) is 31.6 Å². The lowest BCUT2D eigenvalue weighted by Crippen LogP contribution is -2.44. The summed E-state index contributed by atoms with van der Waals surface area (Å²) in [6, 6.07) is 6.90. The number of nitrogens with zero attached hydrogens (tertiary/aromatic N) is 1. The van der Waals surface area contributed by atoms with E-state index in [1.54, 1.807) is 5.56 Å². The van der Waals surface area contributed by atoms with Crippen molar-refractivity contribution in [1.82, 2.24) is 5.32 Å². The Morgan fingerprint density at radius 1 is 1.38 bits per heavy atom. The van der Waals surface area contributed by atoms with Crippen LogP contribution >= 0.6 is 0 Å². The molecular formula is C14H20N2. The highest BCUT2D eigenvalue weighted by atomic mass is 15.1. The first-order valence-corrected chi connectivity index (χ1v) is 6.28. The van der Waals surface area contributed by atoms with Crippen LogP contribution in [0.1, 0.15) is 23.5 Å². The fraction of sp³-hybridized carbons (Fsp3) is 0.571. The van der Waals surface area contributed by atoms with Gasteiger partial charge in [0.15, 0.2) is 0 Å². The van der Waals surface area contributed by atoms with Crippen LogP contribution in [0.25, 0.3) is 0 Å². The van der Waals surface area contributed by atoms with Crippen molar-refractivity contribution >= 4 is 5.69 Å². The molecule has 1 N–H and O–H groups in total. The van der Waals surface area contributed by atoms with Crippen LogP contribution in [-0.4, -0.2) is 26.7 Å². The topological polar surface area (TPSA) is 15.3 Å². The molecule has 86 valence electrons. The van der Waals surface area contributed by atoms with E-state index in [1.807, 2.05) is 0 Å². The fourth-order valence-electron chi connectivity index (χ4n) is 3.26. The minimum absolute atomic E-state index is 0.736. The fourth-order valence-corrected chi connectivity index (χ4v) is 3.26. The molecule has 2 heterocycles. The minimum Gasteiger partial charge on any atom is -0.374 e. The van der Waals surface area contributed by atoms with Crippen LogP contribution in [-0.2, 0) is 0 Å². The van der Waals surface area contributed by atoms with E-state index >= 15 is 0 Å². The molecule has 2 unspecified atom stereocenters. The summed E-state index contributed by atoms with van der Waals surface area (Å²) in [5.74, 6) is 1.58. The third-order valence-corrected chi connectivity index (χ3v) is 4.13. The van der Waals surface area contributed by atoms with Gasteiger partial charge >= 0.3 is 0 Å². The van der Waals surface area contributed by atoms with Gasteiger partial charge in [-0.3, -0.25) is 0 Å². The lowest BCUT2D eigenvalue weighted by Gasteiger charge is -2.42. The van der Waals surface area contributed by atoms with E-state index in [9.17, 15) is 0 Å². The second-order valence-corrected chi connectivity index (χ2v) is 5.30. The van der Waals surface area contributed by atoms with Crippen LogP contribution in [0.15, 0.2) is 18.2 Å². The molecule has 2 aliphatic rings. The molecule has 16 heavy (non-hydrogen) atoms. The molecule has 0 spiro atoms. The Morgan fingerprint density at radius 3 is 3.12 bits per heavy atom. The van der Waals surface area contributed by atoms with Crippen LogP contribution in [0.4, 0.5) is 5.69 Å². The molecule has 3 rings (SSSR count). The molecule has 0 saturated carbocycles. The molecule has 0 aromatic heterocycles. The minimum atomic E-state index is 0.736. The van der Waals surface area contributed by atoms with E-state index in [4.69, 9.17) is 0 Å². The first-order valence-electron chi connectivity index (χ1n) is 6.28. The number of fused-ring (bicyclic) bond motifs is 3. The second kappa shape index (κ2) is 3.77. The Morgan fingerprint density at radius 2 is 2.25 bits per heavy atom. The lowest BCUT2D eigenvalue weighted by atomic mass is 9.77. The van der Waals surface area contributed by atoms with E-state index < -0.39 is 0 Å². The Hall–Kier alpha value is -1.02. The van der Waals surface area contributed by atoms with Crippen molar-refractivity contribution in [3.8, 4) is 0 Å². The number of rotatable bonds is 0. The van der Waals surface area contributed by atoms with Gasteiger partial charge in [-0.25, -0.2) is 0 Å². The smallest absolute Gasteiger partial charge is 0.0399 e. The number of benzene rings is 1. The molecule has 2 heteroatoms. The van der Waals surface area contributed by atoms with Crippen molar-refractivity contribution in [1.29, 1.82) is 0 Å². The molecule has 1 saturated heterocycles. The maximum Gasteiger partial charge on any atom is 0.0399 e. The highest BCUT2D eigenvalue weighted by Gasteiger charge is 2.33. The van der Waals surface area contributed by atoms with Crippen LogP contribution in [0, 0.1) is 12.8 Å². The van der Waals surface area contributed by atoms with Crippen molar-refractivity contribution in [3.63, 3.8) is 0 Å². The van der Waals surface area contributed by atoms with Gasteiger partial charge < -0.3 is 10.2 Å². The van der Waals surface area contributed by atoms with E-state index in [0.29, 0.717) is 0 Å². The number of anilines is 1. The zero-order valence-corrected chi connectivity index (χ0v) is 10.2. The molecule has 2 atom stereocenters.